The van der Waals surface area contributed by atoms with Crippen LogP contribution in [0, 0.1) is 5.82 Å². The summed E-state index contributed by atoms with van der Waals surface area (Å²) in [4.78, 5) is 23.9. The van der Waals surface area contributed by atoms with Crippen LogP contribution in [0.15, 0.2) is 48.5 Å². The van der Waals surface area contributed by atoms with Crippen molar-refractivity contribution in [3.05, 3.63) is 65.5 Å². The molecule has 1 saturated heterocycles. The van der Waals surface area contributed by atoms with Gasteiger partial charge in [-0.25, -0.2) is 4.39 Å². The summed E-state index contributed by atoms with van der Waals surface area (Å²) >= 11 is 0. The molecule has 2 aromatic carbocycles. The van der Waals surface area contributed by atoms with Crippen LogP contribution in [0.1, 0.15) is 30.5 Å². The maximum Gasteiger partial charge on any atom is 0.237 e. The number of hydrogen-bond acceptors (Lipinski definition) is 3. The molecule has 2 amide bonds. The van der Waals surface area contributed by atoms with E-state index in [1.165, 1.54) is 6.07 Å². The smallest absolute Gasteiger partial charge is 0.237 e. The number of nitrogens with one attached hydrogen (secondary N) is 3. The normalized spacial score (nSPS) is 17.6. The highest BCUT2D eigenvalue weighted by Crippen LogP contribution is 2.19. The molecule has 2 unspecified atom stereocenters. The topological polar surface area (TPSA) is 70.2 Å². The summed E-state index contributed by atoms with van der Waals surface area (Å²) in [7, 11) is 0. The third kappa shape index (κ3) is 4.46. The fraction of sp³-hybridized carbons (Fsp3) is 0.300. The first-order chi connectivity index (χ1) is 12.5. The lowest BCUT2D eigenvalue weighted by molar-refractivity contribution is -0.121. The van der Waals surface area contributed by atoms with Gasteiger partial charge >= 0.3 is 0 Å². The predicted molar refractivity (Wildman–Crippen MR) is 98.1 cm³/mol. The Balaban J connectivity index is 1.62. The van der Waals surface area contributed by atoms with E-state index in [4.69, 9.17) is 0 Å². The minimum Gasteiger partial charge on any atom is -0.355 e. The Bertz CT molecular complexity index is 809. The average molecular weight is 355 g/mol. The molecule has 1 fully saturated rings. The molecule has 26 heavy (non-hydrogen) atoms. The Labute approximate surface area is 152 Å². The van der Waals surface area contributed by atoms with Crippen LogP contribution in [0.5, 0.6) is 0 Å². The van der Waals surface area contributed by atoms with Gasteiger partial charge in [-0.2, -0.15) is 0 Å². The first-order valence-electron chi connectivity index (χ1n) is 8.70. The SMILES string of the molecule is CC(NC1CCNC1=O)c1cccc(NC(=O)Cc2ccccc2F)c1. The fourth-order valence-corrected chi connectivity index (χ4v) is 3.06. The number of carbonyl (C=O) groups is 2. The molecule has 2 atom stereocenters. The van der Waals surface area contributed by atoms with Crippen LogP contribution in [0.25, 0.3) is 0 Å². The summed E-state index contributed by atoms with van der Waals surface area (Å²) in [6, 6.07) is 13.5. The monoisotopic (exact) mass is 355 g/mol. The molecule has 0 aliphatic carbocycles. The summed E-state index contributed by atoms with van der Waals surface area (Å²) < 4.78 is 13.7. The molecule has 6 heteroatoms. The van der Waals surface area contributed by atoms with E-state index >= 15 is 0 Å². The van der Waals surface area contributed by atoms with Crippen molar-refractivity contribution in [1.29, 1.82) is 0 Å². The minimum absolute atomic E-state index is 0.0196. The van der Waals surface area contributed by atoms with E-state index in [1.54, 1.807) is 24.3 Å². The molecule has 0 spiro atoms. The van der Waals surface area contributed by atoms with Crippen LogP contribution in [-0.4, -0.2) is 24.4 Å². The first-order valence-corrected chi connectivity index (χ1v) is 8.70. The van der Waals surface area contributed by atoms with Crippen molar-refractivity contribution in [2.75, 3.05) is 11.9 Å². The van der Waals surface area contributed by atoms with E-state index in [0.29, 0.717) is 17.8 Å². The third-order valence-corrected chi connectivity index (χ3v) is 4.48. The Kier molecular flexibility index (Phi) is 5.63. The Morgan fingerprint density at radius 3 is 2.81 bits per heavy atom. The molecule has 0 bridgehead atoms. The lowest BCUT2D eigenvalue weighted by atomic mass is 10.1. The van der Waals surface area contributed by atoms with Crippen molar-refractivity contribution in [3.8, 4) is 0 Å². The molecule has 2 aromatic rings. The average Bonchev–Trinajstić information content (AvgIpc) is 3.02. The molecule has 1 heterocycles. The molecule has 0 aromatic heterocycles. The lowest BCUT2D eigenvalue weighted by Crippen LogP contribution is -2.37. The number of halogens is 1. The molecule has 0 radical (unpaired) electrons. The summed E-state index contributed by atoms with van der Waals surface area (Å²) in [6.45, 7) is 2.67. The second-order valence-electron chi connectivity index (χ2n) is 6.46. The van der Waals surface area contributed by atoms with E-state index < -0.39 is 0 Å². The van der Waals surface area contributed by atoms with Crippen molar-refractivity contribution in [2.45, 2.75) is 31.8 Å². The highest BCUT2D eigenvalue weighted by molar-refractivity contribution is 5.92. The van der Waals surface area contributed by atoms with Crippen molar-refractivity contribution < 1.29 is 14.0 Å². The van der Waals surface area contributed by atoms with Gasteiger partial charge in [-0.15, -0.1) is 0 Å². The largest absolute Gasteiger partial charge is 0.355 e. The molecular formula is C20H22FN3O2. The van der Waals surface area contributed by atoms with Crippen molar-refractivity contribution >= 4 is 17.5 Å². The number of hydrogen-bond donors (Lipinski definition) is 3. The molecule has 1 aliphatic rings. The predicted octanol–water partition coefficient (Wildman–Crippen LogP) is 2.55. The van der Waals surface area contributed by atoms with Crippen LogP contribution in [0.4, 0.5) is 10.1 Å². The molecule has 0 saturated carbocycles. The lowest BCUT2D eigenvalue weighted by Gasteiger charge is -2.19. The zero-order chi connectivity index (χ0) is 18.5. The molecular weight excluding hydrogens is 333 g/mol. The molecule has 1 aliphatic heterocycles. The van der Waals surface area contributed by atoms with Gasteiger partial charge in [0.15, 0.2) is 0 Å². The highest BCUT2D eigenvalue weighted by Gasteiger charge is 2.25. The van der Waals surface area contributed by atoms with Gasteiger partial charge < -0.3 is 10.6 Å². The first kappa shape index (κ1) is 18.1. The van der Waals surface area contributed by atoms with E-state index in [1.807, 2.05) is 25.1 Å². The summed E-state index contributed by atoms with van der Waals surface area (Å²) in [5, 5.41) is 8.90. The molecule has 3 N–H and O–H groups in total. The fourth-order valence-electron chi connectivity index (χ4n) is 3.06. The van der Waals surface area contributed by atoms with E-state index in [-0.39, 0.29) is 36.1 Å². The second kappa shape index (κ2) is 8.10. The summed E-state index contributed by atoms with van der Waals surface area (Å²) in [5.41, 5.74) is 1.98. The van der Waals surface area contributed by atoms with Crippen molar-refractivity contribution in [2.24, 2.45) is 0 Å². The Morgan fingerprint density at radius 1 is 1.27 bits per heavy atom. The van der Waals surface area contributed by atoms with Crippen molar-refractivity contribution in [3.63, 3.8) is 0 Å². The number of amides is 2. The van der Waals surface area contributed by atoms with E-state index in [2.05, 4.69) is 16.0 Å². The zero-order valence-electron chi connectivity index (χ0n) is 14.6. The van der Waals surface area contributed by atoms with Gasteiger partial charge in [-0.1, -0.05) is 30.3 Å². The molecule has 3 rings (SSSR count). The van der Waals surface area contributed by atoms with E-state index in [0.717, 1.165) is 12.0 Å². The number of carbonyl (C=O) groups excluding carboxylic acids is 2. The third-order valence-electron chi connectivity index (χ3n) is 4.48. The van der Waals surface area contributed by atoms with Crippen LogP contribution in [-0.2, 0) is 16.0 Å². The quantitative estimate of drug-likeness (QED) is 0.746. The van der Waals surface area contributed by atoms with Crippen molar-refractivity contribution in [1.82, 2.24) is 10.6 Å². The Morgan fingerprint density at radius 2 is 2.08 bits per heavy atom. The minimum atomic E-state index is -0.385. The second-order valence-corrected chi connectivity index (χ2v) is 6.46. The molecule has 5 nitrogen and oxygen atoms in total. The summed E-state index contributed by atoms with van der Waals surface area (Å²) in [5.74, 6) is -0.640. The van der Waals surface area contributed by atoms with Gasteiger partial charge in [0.05, 0.1) is 12.5 Å². The van der Waals surface area contributed by atoms with Gasteiger partial charge in [0, 0.05) is 18.3 Å². The van der Waals surface area contributed by atoms with E-state index in [9.17, 15) is 14.0 Å². The zero-order valence-corrected chi connectivity index (χ0v) is 14.6. The standard InChI is InChI=1S/C20H22FN3O2/c1-13(23-18-9-10-22-20(18)26)14-6-4-7-16(11-14)24-19(25)12-15-5-2-3-8-17(15)21/h2-8,11,13,18,23H,9-10,12H2,1H3,(H,22,26)(H,24,25). The van der Waals surface area contributed by atoms with Gasteiger partial charge in [-0.05, 0) is 42.7 Å². The van der Waals surface area contributed by atoms with Gasteiger partial charge in [0.1, 0.15) is 5.82 Å². The number of benzene rings is 2. The Hall–Kier alpha value is -2.73. The van der Waals surface area contributed by atoms with Gasteiger partial charge in [0.2, 0.25) is 11.8 Å². The number of rotatable bonds is 6. The molecule has 136 valence electrons. The van der Waals surface area contributed by atoms with Crippen LogP contribution in [0.3, 0.4) is 0 Å². The highest BCUT2D eigenvalue weighted by atomic mass is 19.1. The van der Waals surface area contributed by atoms with Crippen LogP contribution < -0.4 is 16.0 Å². The summed E-state index contributed by atoms with van der Waals surface area (Å²) in [6.07, 6.45) is 0.745. The number of anilines is 1. The van der Waals surface area contributed by atoms with Gasteiger partial charge in [0.25, 0.3) is 0 Å². The van der Waals surface area contributed by atoms with Gasteiger partial charge in [-0.3, -0.25) is 14.9 Å². The van der Waals surface area contributed by atoms with Crippen LogP contribution >= 0.6 is 0 Å². The van der Waals surface area contributed by atoms with Crippen LogP contribution in [0.2, 0.25) is 0 Å². The maximum atomic E-state index is 13.7. The maximum absolute atomic E-state index is 13.7.